The van der Waals surface area contributed by atoms with Crippen molar-refractivity contribution < 1.29 is 21.3 Å². The van der Waals surface area contributed by atoms with Crippen molar-refractivity contribution in [1.82, 2.24) is 14.1 Å². The van der Waals surface area contributed by atoms with Crippen LogP contribution in [0.5, 0.6) is 0 Å². The Morgan fingerprint density at radius 1 is 1.40 bits per heavy atom. The standard InChI is InChI=1S/C15H21N3O5S2/c1-11-15(12(2)17(3)16-11)25(21,22)18(9-14-5-4-7-23-14)13-6-8-24(19,20)10-13/h4-5,7,13H,6,8-10H2,1-3H3/t13-/m1/s1. The van der Waals surface area contributed by atoms with Crippen LogP contribution in [0.2, 0.25) is 0 Å². The van der Waals surface area contributed by atoms with Gasteiger partial charge in [0.15, 0.2) is 9.84 Å². The van der Waals surface area contributed by atoms with Gasteiger partial charge in [0.1, 0.15) is 10.7 Å². The van der Waals surface area contributed by atoms with E-state index < -0.39 is 25.9 Å². The van der Waals surface area contributed by atoms with Crippen LogP contribution < -0.4 is 0 Å². The first-order chi connectivity index (χ1) is 11.6. The quantitative estimate of drug-likeness (QED) is 0.759. The fraction of sp³-hybridized carbons (Fsp3) is 0.533. The monoisotopic (exact) mass is 387 g/mol. The number of furan rings is 1. The summed E-state index contributed by atoms with van der Waals surface area (Å²) in [5.74, 6) is 0.282. The van der Waals surface area contributed by atoms with Gasteiger partial charge in [-0.25, -0.2) is 16.8 Å². The van der Waals surface area contributed by atoms with E-state index >= 15 is 0 Å². The fourth-order valence-corrected chi connectivity index (χ4v) is 7.06. The minimum absolute atomic E-state index is 0.00710. The summed E-state index contributed by atoms with van der Waals surface area (Å²) < 4.78 is 58.5. The topological polar surface area (TPSA) is 102 Å². The highest BCUT2D eigenvalue weighted by molar-refractivity contribution is 7.92. The Hall–Kier alpha value is -1.65. The van der Waals surface area contributed by atoms with Gasteiger partial charge >= 0.3 is 0 Å². The lowest BCUT2D eigenvalue weighted by molar-refractivity contribution is 0.306. The molecule has 1 aliphatic heterocycles. The third-order valence-corrected chi connectivity index (χ3v) is 8.42. The molecule has 0 radical (unpaired) electrons. The Balaban J connectivity index is 2.07. The highest BCUT2D eigenvalue weighted by Crippen LogP contribution is 2.30. The summed E-state index contributed by atoms with van der Waals surface area (Å²) in [6, 6.07) is 2.74. The number of nitrogens with zero attached hydrogens (tertiary/aromatic N) is 3. The Kier molecular flexibility index (Phi) is 4.54. The van der Waals surface area contributed by atoms with Crippen LogP contribution >= 0.6 is 0 Å². The maximum Gasteiger partial charge on any atom is 0.247 e. The second-order valence-corrected chi connectivity index (χ2v) is 10.4. The molecule has 1 saturated heterocycles. The Labute approximate surface area is 147 Å². The summed E-state index contributed by atoms with van der Waals surface area (Å²) in [5.41, 5.74) is 0.910. The molecule has 0 N–H and O–H groups in total. The molecule has 8 nitrogen and oxygen atoms in total. The minimum Gasteiger partial charge on any atom is -0.468 e. The van der Waals surface area contributed by atoms with Crippen molar-refractivity contribution in [3.63, 3.8) is 0 Å². The third-order valence-electron chi connectivity index (χ3n) is 4.52. The van der Waals surface area contributed by atoms with Crippen LogP contribution in [-0.2, 0) is 33.5 Å². The molecule has 3 heterocycles. The smallest absolute Gasteiger partial charge is 0.247 e. The molecule has 2 aromatic rings. The van der Waals surface area contributed by atoms with Gasteiger partial charge in [0.25, 0.3) is 0 Å². The van der Waals surface area contributed by atoms with E-state index in [4.69, 9.17) is 4.42 Å². The largest absolute Gasteiger partial charge is 0.468 e. The van der Waals surface area contributed by atoms with Gasteiger partial charge in [-0.1, -0.05) is 0 Å². The number of sulfone groups is 1. The van der Waals surface area contributed by atoms with Gasteiger partial charge in [-0.2, -0.15) is 9.40 Å². The molecule has 0 saturated carbocycles. The average Bonchev–Trinajstić information content (AvgIpc) is 3.18. The third kappa shape index (κ3) is 3.38. The van der Waals surface area contributed by atoms with Crippen LogP contribution in [0.15, 0.2) is 27.7 Å². The summed E-state index contributed by atoms with van der Waals surface area (Å²) in [5, 5.41) is 4.18. The first-order valence-corrected chi connectivity index (χ1v) is 11.1. The Morgan fingerprint density at radius 3 is 2.60 bits per heavy atom. The molecular weight excluding hydrogens is 366 g/mol. The molecule has 0 bridgehead atoms. The van der Waals surface area contributed by atoms with Crippen LogP contribution in [0.3, 0.4) is 0 Å². The van der Waals surface area contributed by atoms with Gasteiger partial charge in [-0.3, -0.25) is 4.68 Å². The zero-order valence-electron chi connectivity index (χ0n) is 14.3. The van der Waals surface area contributed by atoms with Crippen LogP contribution in [0, 0.1) is 13.8 Å². The normalized spacial score (nSPS) is 20.4. The lowest BCUT2D eigenvalue weighted by atomic mass is 10.2. The van der Waals surface area contributed by atoms with Gasteiger partial charge in [-0.15, -0.1) is 0 Å². The van der Waals surface area contributed by atoms with Crippen molar-refractivity contribution in [2.24, 2.45) is 7.05 Å². The molecule has 0 spiro atoms. The molecule has 3 rings (SSSR count). The SMILES string of the molecule is Cc1nn(C)c(C)c1S(=O)(=O)N(Cc1ccco1)[C@@H]1CCS(=O)(=O)C1. The van der Waals surface area contributed by atoms with E-state index in [0.717, 1.165) is 0 Å². The highest BCUT2D eigenvalue weighted by Gasteiger charge is 2.41. The highest BCUT2D eigenvalue weighted by atomic mass is 32.2. The van der Waals surface area contributed by atoms with Gasteiger partial charge in [-0.05, 0) is 32.4 Å². The van der Waals surface area contributed by atoms with Gasteiger partial charge in [0, 0.05) is 13.1 Å². The van der Waals surface area contributed by atoms with Gasteiger partial charge < -0.3 is 4.42 Å². The summed E-state index contributed by atoms with van der Waals surface area (Å²) in [6.07, 6.45) is 1.74. The first kappa shape index (κ1) is 18.2. The fourth-order valence-electron chi connectivity index (χ4n) is 3.21. The molecule has 0 unspecified atom stereocenters. The van der Waals surface area contributed by atoms with Crippen molar-refractivity contribution in [1.29, 1.82) is 0 Å². The van der Waals surface area contributed by atoms with Crippen molar-refractivity contribution in [2.45, 2.75) is 37.8 Å². The van der Waals surface area contributed by atoms with E-state index in [2.05, 4.69) is 5.10 Å². The molecule has 25 heavy (non-hydrogen) atoms. The number of hydrogen-bond donors (Lipinski definition) is 0. The maximum atomic E-state index is 13.3. The van der Waals surface area contributed by atoms with E-state index in [-0.39, 0.29) is 29.4 Å². The zero-order chi connectivity index (χ0) is 18.4. The number of aromatic nitrogens is 2. The van der Waals surface area contributed by atoms with Crippen LogP contribution in [0.4, 0.5) is 0 Å². The molecule has 0 aromatic carbocycles. The maximum absolute atomic E-state index is 13.3. The number of hydrogen-bond acceptors (Lipinski definition) is 6. The van der Waals surface area contributed by atoms with Gasteiger partial charge in [0.2, 0.25) is 10.0 Å². The second-order valence-electron chi connectivity index (χ2n) is 6.31. The van der Waals surface area contributed by atoms with Gasteiger partial charge in [0.05, 0.1) is 35.7 Å². The van der Waals surface area contributed by atoms with E-state index in [1.165, 1.54) is 15.3 Å². The second kappa shape index (κ2) is 6.26. The van der Waals surface area contributed by atoms with E-state index in [0.29, 0.717) is 17.1 Å². The number of sulfonamides is 1. The van der Waals surface area contributed by atoms with Crippen molar-refractivity contribution in [2.75, 3.05) is 11.5 Å². The van der Waals surface area contributed by atoms with E-state index in [1.54, 1.807) is 33.0 Å². The summed E-state index contributed by atoms with van der Waals surface area (Å²) in [6.45, 7) is 3.31. The van der Waals surface area contributed by atoms with Crippen molar-refractivity contribution in [3.05, 3.63) is 35.5 Å². The van der Waals surface area contributed by atoms with E-state index in [9.17, 15) is 16.8 Å². The molecule has 1 atom stereocenters. The van der Waals surface area contributed by atoms with Crippen LogP contribution in [0.25, 0.3) is 0 Å². The molecule has 1 fully saturated rings. The molecule has 0 amide bonds. The lowest BCUT2D eigenvalue weighted by Gasteiger charge is -2.26. The average molecular weight is 387 g/mol. The predicted octanol–water partition coefficient (Wildman–Crippen LogP) is 1.01. The van der Waals surface area contributed by atoms with Crippen LogP contribution in [0.1, 0.15) is 23.6 Å². The number of rotatable bonds is 5. The molecule has 138 valence electrons. The summed E-state index contributed by atoms with van der Waals surface area (Å²) in [4.78, 5) is 0.130. The molecular formula is C15H21N3O5S2. The first-order valence-electron chi connectivity index (χ1n) is 7.86. The molecule has 10 heteroatoms. The van der Waals surface area contributed by atoms with Crippen molar-refractivity contribution in [3.8, 4) is 0 Å². The minimum atomic E-state index is -3.93. The van der Waals surface area contributed by atoms with Crippen LogP contribution in [-0.4, -0.2) is 48.5 Å². The lowest BCUT2D eigenvalue weighted by Crippen LogP contribution is -2.40. The predicted molar refractivity (Wildman–Crippen MR) is 91.2 cm³/mol. The Bertz CT molecular complexity index is 975. The summed E-state index contributed by atoms with van der Waals surface area (Å²) >= 11 is 0. The Morgan fingerprint density at radius 2 is 2.12 bits per heavy atom. The molecule has 2 aromatic heterocycles. The number of aryl methyl sites for hydroxylation is 2. The van der Waals surface area contributed by atoms with Crippen molar-refractivity contribution >= 4 is 19.9 Å². The molecule has 1 aliphatic rings. The molecule has 0 aliphatic carbocycles. The zero-order valence-corrected chi connectivity index (χ0v) is 16.0. The van der Waals surface area contributed by atoms with E-state index in [1.807, 2.05) is 0 Å². The summed E-state index contributed by atoms with van der Waals surface area (Å²) in [7, 11) is -5.48.